The van der Waals surface area contributed by atoms with Gasteiger partial charge in [0.2, 0.25) is 11.0 Å². The van der Waals surface area contributed by atoms with Crippen LogP contribution in [0.4, 0.5) is 5.88 Å². The fourth-order valence-electron chi connectivity index (χ4n) is 1.49. The van der Waals surface area contributed by atoms with Gasteiger partial charge in [-0.15, -0.1) is 0 Å². The quantitative estimate of drug-likeness (QED) is 0.777. The number of ether oxygens (including phenoxy) is 1. The molecule has 0 aliphatic carbocycles. The highest BCUT2D eigenvalue weighted by atomic mass is 79.9. The maximum atomic E-state index is 11.8. The Morgan fingerprint density at radius 2 is 2.26 bits per heavy atom. The van der Waals surface area contributed by atoms with Crippen molar-refractivity contribution in [2.24, 2.45) is 0 Å². The lowest BCUT2D eigenvalue weighted by Gasteiger charge is -2.04. The van der Waals surface area contributed by atoms with E-state index in [-0.39, 0.29) is 11.0 Å². The van der Waals surface area contributed by atoms with E-state index in [2.05, 4.69) is 21.2 Å². The van der Waals surface area contributed by atoms with E-state index in [1.807, 2.05) is 0 Å². The van der Waals surface area contributed by atoms with Gasteiger partial charge in [-0.2, -0.15) is 11.8 Å². The molecule has 104 valence electrons. The molecule has 1 N–H and O–H groups in total. The van der Waals surface area contributed by atoms with Crippen molar-refractivity contribution in [3.8, 4) is 0 Å². The molecule has 0 atom stereocenters. The first kappa shape index (κ1) is 14.5. The third kappa shape index (κ3) is 3.77. The van der Waals surface area contributed by atoms with E-state index >= 15 is 0 Å². The summed E-state index contributed by atoms with van der Waals surface area (Å²) in [6.07, 6.45) is 1.44. The second kappa shape index (κ2) is 7.02. The zero-order valence-corrected chi connectivity index (χ0v) is 12.8. The second-order valence-electron chi connectivity index (χ2n) is 3.75. The van der Waals surface area contributed by atoms with Crippen molar-refractivity contribution < 1.29 is 13.6 Å². The Kier molecular flexibility index (Phi) is 5.35. The van der Waals surface area contributed by atoms with Gasteiger partial charge in [0.1, 0.15) is 6.26 Å². The molecular weight excluding hydrogens is 334 g/mol. The van der Waals surface area contributed by atoms with Gasteiger partial charge >= 0.3 is 0 Å². The van der Waals surface area contributed by atoms with E-state index in [0.29, 0.717) is 15.9 Å². The number of hydrogen-bond donors (Lipinski definition) is 1. The molecule has 2 heterocycles. The molecule has 0 radical (unpaired) electrons. The van der Waals surface area contributed by atoms with Crippen LogP contribution in [-0.2, 0) is 4.74 Å². The molecule has 0 aliphatic rings. The zero-order valence-electron chi connectivity index (χ0n) is 10.4. The van der Waals surface area contributed by atoms with Gasteiger partial charge in [-0.05, 0) is 15.9 Å². The van der Waals surface area contributed by atoms with Gasteiger partial charge in [0.05, 0.1) is 11.1 Å². The van der Waals surface area contributed by atoms with Crippen LogP contribution >= 0.6 is 27.7 Å². The highest BCUT2D eigenvalue weighted by Crippen LogP contribution is 2.25. The Balaban J connectivity index is 1.94. The first-order valence-electron chi connectivity index (χ1n) is 5.74. The summed E-state index contributed by atoms with van der Waals surface area (Å²) >= 11 is 5.05. The van der Waals surface area contributed by atoms with Crippen molar-refractivity contribution in [3.05, 3.63) is 27.0 Å². The van der Waals surface area contributed by atoms with E-state index in [4.69, 9.17) is 13.6 Å². The maximum absolute atomic E-state index is 11.8. The molecule has 7 heteroatoms. The Morgan fingerprint density at radius 3 is 3.05 bits per heavy atom. The van der Waals surface area contributed by atoms with Gasteiger partial charge in [-0.3, -0.25) is 4.79 Å². The molecule has 0 fully saturated rings. The topological polar surface area (TPSA) is 64.6 Å². The number of nitrogens with one attached hydrogen (secondary N) is 1. The summed E-state index contributed by atoms with van der Waals surface area (Å²) in [7, 11) is 1.69. The summed E-state index contributed by atoms with van der Waals surface area (Å²) in [5.41, 5.74) is 0.468. The molecule has 0 spiro atoms. The number of halogens is 1. The van der Waals surface area contributed by atoms with E-state index in [1.54, 1.807) is 18.9 Å². The van der Waals surface area contributed by atoms with Crippen molar-refractivity contribution in [1.29, 1.82) is 0 Å². The van der Waals surface area contributed by atoms with Crippen molar-refractivity contribution >= 4 is 44.7 Å². The molecule has 0 saturated heterocycles. The maximum Gasteiger partial charge on any atom is 0.230 e. The van der Waals surface area contributed by atoms with E-state index in [1.165, 1.54) is 12.3 Å². The number of methoxy groups -OCH3 is 1. The fraction of sp³-hybridized carbons (Fsp3) is 0.417. The van der Waals surface area contributed by atoms with Gasteiger partial charge < -0.3 is 18.9 Å². The van der Waals surface area contributed by atoms with E-state index < -0.39 is 0 Å². The van der Waals surface area contributed by atoms with Crippen LogP contribution in [0.15, 0.2) is 30.4 Å². The first-order chi connectivity index (χ1) is 9.22. The average Bonchev–Trinajstić information content (AvgIpc) is 2.76. The lowest BCUT2D eigenvalue weighted by Crippen LogP contribution is -2.08. The SMILES string of the molecule is COCCSCCNc1cc(=O)c2occ(Br)c2o1. The largest absolute Gasteiger partial charge is 0.456 e. The Bertz CT molecular complexity index is 595. The Labute approximate surface area is 122 Å². The highest BCUT2D eigenvalue weighted by Gasteiger charge is 2.11. The molecule has 0 aliphatic heterocycles. The molecule has 5 nitrogen and oxygen atoms in total. The first-order valence-corrected chi connectivity index (χ1v) is 7.68. The van der Waals surface area contributed by atoms with Crippen LogP contribution in [0.5, 0.6) is 0 Å². The van der Waals surface area contributed by atoms with Crippen LogP contribution in [0.2, 0.25) is 0 Å². The lowest BCUT2D eigenvalue weighted by atomic mass is 10.4. The lowest BCUT2D eigenvalue weighted by molar-refractivity contribution is 0.218. The van der Waals surface area contributed by atoms with Gasteiger partial charge in [0.15, 0.2) is 11.5 Å². The van der Waals surface area contributed by atoms with E-state index in [9.17, 15) is 4.79 Å². The summed E-state index contributed by atoms with van der Waals surface area (Å²) < 4.78 is 16.3. The number of thioether (sulfide) groups is 1. The van der Waals surface area contributed by atoms with Gasteiger partial charge in [0.25, 0.3) is 0 Å². The number of rotatable bonds is 7. The molecule has 0 aromatic carbocycles. The summed E-state index contributed by atoms with van der Waals surface area (Å²) in [5.74, 6) is 2.32. The van der Waals surface area contributed by atoms with Gasteiger partial charge in [0, 0.05) is 31.2 Å². The van der Waals surface area contributed by atoms with Crippen LogP contribution < -0.4 is 10.7 Å². The molecule has 0 amide bonds. The molecule has 19 heavy (non-hydrogen) atoms. The Hall–Kier alpha value is -0.920. The zero-order chi connectivity index (χ0) is 13.7. The van der Waals surface area contributed by atoms with Crippen molar-refractivity contribution in [2.75, 3.05) is 37.1 Å². The third-order valence-corrected chi connectivity index (χ3v) is 3.87. The minimum atomic E-state index is -0.193. The highest BCUT2D eigenvalue weighted by molar-refractivity contribution is 9.10. The minimum Gasteiger partial charge on any atom is -0.456 e. The van der Waals surface area contributed by atoms with Gasteiger partial charge in [-0.1, -0.05) is 0 Å². The fourth-order valence-corrected chi connectivity index (χ4v) is 2.58. The Morgan fingerprint density at radius 1 is 1.42 bits per heavy atom. The van der Waals surface area contributed by atoms with Crippen LogP contribution in [0, 0.1) is 0 Å². The smallest absolute Gasteiger partial charge is 0.230 e. The van der Waals surface area contributed by atoms with Crippen LogP contribution in [0.3, 0.4) is 0 Å². The van der Waals surface area contributed by atoms with Crippen molar-refractivity contribution in [1.82, 2.24) is 0 Å². The molecule has 2 aromatic heterocycles. The summed E-state index contributed by atoms with van der Waals surface area (Å²) in [4.78, 5) is 11.8. The summed E-state index contributed by atoms with van der Waals surface area (Å²) in [6, 6.07) is 1.40. The predicted octanol–water partition coefficient (Wildman–Crippen LogP) is 2.94. The van der Waals surface area contributed by atoms with Crippen molar-refractivity contribution in [2.45, 2.75) is 0 Å². The van der Waals surface area contributed by atoms with Gasteiger partial charge in [-0.25, -0.2) is 0 Å². The number of anilines is 1. The number of furan rings is 1. The standard InChI is InChI=1S/C12H14BrNO4S/c1-16-3-5-19-4-2-14-10-6-9(15)12-11(18-10)8(13)7-17-12/h6-7,14H,2-5H2,1H3. The normalized spacial score (nSPS) is 11.1. The monoisotopic (exact) mass is 347 g/mol. The van der Waals surface area contributed by atoms with Crippen molar-refractivity contribution in [3.63, 3.8) is 0 Å². The molecule has 2 aromatic rings. The second-order valence-corrected chi connectivity index (χ2v) is 5.83. The molecular formula is C12H14BrNO4S. The average molecular weight is 348 g/mol. The molecule has 2 rings (SSSR count). The summed E-state index contributed by atoms with van der Waals surface area (Å²) in [6.45, 7) is 1.46. The molecule has 0 bridgehead atoms. The number of fused-ring (bicyclic) bond motifs is 1. The van der Waals surface area contributed by atoms with E-state index in [0.717, 1.165) is 24.7 Å². The minimum absolute atomic E-state index is 0.193. The predicted molar refractivity (Wildman–Crippen MR) is 80.1 cm³/mol. The van der Waals surface area contributed by atoms with Crippen LogP contribution in [-0.4, -0.2) is 31.8 Å². The molecule has 0 saturated carbocycles. The summed E-state index contributed by atoms with van der Waals surface area (Å²) in [5, 5.41) is 3.08. The van der Waals surface area contributed by atoms with Crippen LogP contribution in [0.25, 0.3) is 11.2 Å². The molecule has 0 unspecified atom stereocenters. The number of hydrogen-bond acceptors (Lipinski definition) is 6. The van der Waals surface area contributed by atoms with Crippen LogP contribution in [0.1, 0.15) is 0 Å². The third-order valence-electron chi connectivity index (χ3n) is 2.38.